The first-order chi connectivity index (χ1) is 11.1. The number of pyridine rings is 1. The second kappa shape index (κ2) is 6.20. The van der Waals surface area contributed by atoms with Gasteiger partial charge in [0.15, 0.2) is 0 Å². The fourth-order valence-corrected chi connectivity index (χ4v) is 2.86. The molecule has 3 rings (SSSR count). The minimum atomic E-state index is -0.386. The van der Waals surface area contributed by atoms with E-state index in [1.807, 2.05) is 23.8 Å². The maximum absolute atomic E-state index is 12.3. The molecule has 1 atom stereocenters. The largest absolute Gasteiger partial charge is 0.331 e. The fourth-order valence-electron chi connectivity index (χ4n) is 2.86. The van der Waals surface area contributed by atoms with Crippen LogP contribution in [0, 0.1) is 6.92 Å². The molecule has 2 amide bonds. The van der Waals surface area contributed by atoms with E-state index in [4.69, 9.17) is 0 Å². The molecule has 0 saturated carbocycles. The average molecular weight is 313 g/mol. The number of rotatable bonds is 3. The Morgan fingerprint density at radius 1 is 1.30 bits per heavy atom. The van der Waals surface area contributed by atoms with Gasteiger partial charge in [-0.3, -0.25) is 14.2 Å². The summed E-state index contributed by atoms with van der Waals surface area (Å²) in [5.41, 5.74) is 0.618. The van der Waals surface area contributed by atoms with E-state index in [-0.39, 0.29) is 17.9 Å². The van der Waals surface area contributed by atoms with Gasteiger partial charge in [-0.2, -0.15) is 0 Å². The number of anilines is 1. The number of aromatic nitrogens is 3. The zero-order valence-corrected chi connectivity index (χ0v) is 13.2. The normalized spacial score (nSPS) is 17.3. The molecule has 0 aromatic carbocycles. The topological polar surface area (TPSA) is 80.1 Å². The highest BCUT2D eigenvalue weighted by atomic mass is 16.2. The third-order valence-corrected chi connectivity index (χ3v) is 4.05. The van der Waals surface area contributed by atoms with Gasteiger partial charge in [0, 0.05) is 25.9 Å². The summed E-state index contributed by atoms with van der Waals surface area (Å²) in [7, 11) is 0. The molecule has 1 fully saturated rings. The molecule has 7 nitrogen and oxygen atoms in total. The number of aryl methyl sites for hydroxylation is 1. The lowest BCUT2D eigenvalue weighted by Gasteiger charge is -2.22. The lowest BCUT2D eigenvalue weighted by molar-refractivity contribution is -0.134. The molecule has 1 saturated heterocycles. The van der Waals surface area contributed by atoms with E-state index in [1.165, 1.54) is 6.92 Å². The highest BCUT2D eigenvalue weighted by Gasteiger charge is 2.32. The van der Waals surface area contributed by atoms with Crippen molar-refractivity contribution in [2.75, 3.05) is 11.9 Å². The van der Waals surface area contributed by atoms with Crippen LogP contribution in [0.15, 0.2) is 30.7 Å². The van der Waals surface area contributed by atoms with Crippen molar-refractivity contribution in [3.8, 4) is 5.82 Å². The standard InChI is InChI=1S/C16H19N5O2/c1-11-17-7-9-20(11)15-6-5-13(10-18-15)19-16(23)14-4-3-8-21(14)12(2)22/h5-7,9-10,14H,3-4,8H2,1-2H3,(H,19,23). The predicted octanol–water partition coefficient (Wildman–Crippen LogP) is 1.53. The average Bonchev–Trinajstić information content (AvgIpc) is 3.17. The van der Waals surface area contributed by atoms with Crippen LogP contribution in [0.2, 0.25) is 0 Å². The highest BCUT2D eigenvalue weighted by Crippen LogP contribution is 2.19. The summed E-state index contributed by atoms with van der Waals surface area (Å²) in [5.74, 6) is 1.36. The summed E-state index contributed by atoms with van der Waals surface area (Å²) in [5, 5.41) is 2.84. The van der Waals surface area contributed by atoms with Crippen molar-refractivity contribution >= 4 is 17.5 Å². The van der Waals surface area contributed by atoms with Crippen LogP contribution in [-0.2, 0) is 9.59 Å². The smallest absolute Gasteiger partial charge is 0.247 e. The molecular weight excluding hydrogens is 294 g/mol. The Morgan fingerprint density at radius 2 is 2.13 bits per heavy atom. The van der Waals surface area contributed by atoms with E-state index in [0.29, 0.717) is 18.7 Å². The predicted molar refractivity (Wildman–Crippen MR) is 85.1 cm³/mol. The summed E-state index contributed by atoms with van der Waals surface area (Å²) < 4.78 is 1.86. The van der Waals surface area contributed by atoms with Crippen molar-refractivity contribution in [3.05, 3.63) is 36.5 Å². The molecule has 1 N–H and O–H groups in total. The number of hydrogen-bond acceptors (Lipinski definition) is 4. The van der Waals surface area contributed by atoms with E-state index in [0.717, 1.165) is 18.1 Å². The number of carbonyl (C=O) groups is 2. The van der Waals surface area contributed by atoms with Crippen LogP contribution < -0.4 is 5.32 Å². The molecule has 7 heteroatoms. The number of likely N-dealkylation sites (tertiary alicyclic amines) is 1. The Kier molecular flexibility index (Phi) is 4.10. The number of amides is 2. The van der Waals surface area contributed by atoms with Crippen molar-refractivity contribution in [2.24, 2.45) is 0 Å². The number of hydrogen-bond donors (Lipinski definition) is 1. The van der Waals surface area contributed by atoms with Crippen LogP contribution in [0.5, 0.6) is 0 Å². The van der Waals surface area contributed by atoms with Crippen LogP contribution >= 0.6 is 0 Å². The van der Waals surface area contributed by atoms with Crippen molar-refractivity contribution in [2.45, 2.75) is 32.7 Å². The molecule has 1 aliphatic rings. The first-order valence-corrected chi connectivity index (χ1v) is 7.60. The summed E-state index contributed by atoms with van der Waals surface area (Å²) in [6.45, 7) is 4.04. The summed E-state index contributed by atoms with van der Waals surface area (Å²) in [6, 6.07) is 3.23. The SMILES string of the molecule is CC(=O)N1CCCC1C(=O)Nc1ccc(-n2ccnc2C)nc1. The third kappa shape index (κ3) is 3.08. The minimum Gasteiger partial charge on any atom is -0.331 e. The van der Waals surface area contributed by atoms with Crippen molar-refractivity contribution < 1.29 is 9.59 Å². The molecule has 0 bridgehead atoms. The molecule has 3 heterocycles. The van der Waals surface area contributed by atoms with Crippen LogP contribution in [0.25, 0.3) is 5.82 Å². The first-order valence-electron chi connectivity index (χ1n) is 7.60. The summed E-state index contributed by atoms with van der Waals surface area (Å²) in [6.07, 6.45) is 6.71. The number of carbonyl (C=O) groups excluding carboxylic acids is 2. The van der Waals surface area contributed by atoms with E-state index in [1.54, 1.807) is 23.4 Å². The minimum absolute atomic E-state index is 0.0632. The zero-order chi connectivity index (χ0) is 16.4. The van der Waals surface area contributed by atoms with Crippen molar-refractivity contribution in [1.29, 1.82) is 0 Å². The molecule has 1 unspecified atom stereocenters. The molecule has 0 radical (unpaired) electrons. The fraction of sp³-hybridized carbons (Fsp3) is 0.375. The monoisotopic (exact) mass is 313 g/mol. The van der Waals surface area contributed by atoms with Gasteiger partial charge in [0.25, 0.3) is 0 Å². The van der Waals surface area contributed by atoms with Crippen LogP contribution in [-0.4, -0.2) is 43.8 Å². The van der Waals surface area contributed by atoms with Crippen molar-refractivity contribution in [3.63, 3.8) is 0 Å². The van der Waals surface area contributed by atoms with E-state index in [2.05, 4.69) is 15.3 Å². The summed E-state index contributed by atoms with van der Waals surface area (Å²) >= 11 is 0. The lowest BCUT2D eigenvalue weighted by Crippen LogP contribution is -2.42. The van der Waals surface area contributed by atoms with Gasteiger partial charge in [-0.05, 0) is 31.9 Å². The zero-order valence-electron chi connectivity index (χ0n) is 13.2. The Balaban J connectivity index is 1.70. The highest BCUT2D eigenvalue weighted by molar-refractivity contribution is 5.97. The Morgan fingerprint density at radius 3 is 2.74 bits per heavy atom. The number of nitrogens with one attached hydrogen (secondary N) is 1. The van der Waals surface area contributed by atoms with Crippen molar-refractivity contribution in [1.82, 2.24) is 19.4 Å². The van der Waals surface area contributed by atoms with Gasteiger partial charge in [0.05, 0.1) is 11.9 Å². The quantitative estimate of drug-likeness (QED) is 0.932. The van der Waals surface area contributed by atoms with Gasteiger partial charge in [0.2, 0.25) is 11.8 Å². The van der Waals surface area contributed by atoms with E-state index in [9.17, 15) is 9.59 Å². The third-order valence-electron chi connectivity index (χ3n) is 4.05. The molecule has 2 aromatic rings. The Bertz CT molecular complexity index is 722. The van der Waals surface area contributed by atoms with Gasteiger partial charge in [0.1, 0.15) is 17.7 Å². The molecule has 23 heavy (non-hydrogen) atoms. The first kappa shape index (κ1) is 15.2. The molecule has 2 aromatic heterocycles. The molecule has 0 aliphatic carbocycles. The maximum atomic E-state index is 12.3. The van der Waals surface area contributed by atoms with Crippen LogP contribution in [0.1, 0.15) is 25.6 Å². The Labute approximate surface area is 134 Å². The number of imidazole rings is 1. The van der Waals surface area contributed by atoms with Gasteiger partial charge < -0.3 is 10.2 Å². The molecular formula is C16H19N5O2. The van der Waals surface area contributed by atoms with Gasteiger partial charge in [-0.15, -0.1) is 0 Å². The van der Waals surface area contributed by atoms with E-state index < -0.39 is 0 Å². The Hall–Kier alpha value is -2.70. The number of nitrogens with zero attached hydrogens (tertiary/aromatic N) is 4. The maximum Gasteiger partial charge on any atom is 0.247 e. The van der Waals surface area contributed by atoms with E-state index >= 15 is 0 Å². The second-order valence-electron chi connectivity index (χ2n) is 5.61. The van der Waals surface area contributed by atoms with Crippen LogP contribution in [0.3, 0.4) is 0 Å². The summed E-state index contributed by atoms with van der Waals surface area (Å²) in [4.78, 5) is 34.0. The van der Waals surface area contributed by atoms with Gasteiger partial charge in [-0.1, -0.05) is 0 Å². The van der Waals surface area contributed by atoms with Crippen LogP contribution in [0.4, 0.5) is 5.69 Å². The lowest BCUT2D eigenvalue weighted by atomic mass is 10.2. The van der Waals surface area contributed by atoms with Gasteiger partial charge in [-0.25, -0.2) is 9.97 Å². The second-order valence-corrected chi connectivity index (χ2v) is 5.61. The molecule has 1 aliphatic heterocycles. The molecule has 120 valence electrons. The van der Waals surface area contributed by atoms with Gasteiger partial charge >= 0.3 is 0 Å². The molecule has 0 spiro atoms.